The number of carbonyl (C=O) groups is 1. The van der Waals surface area contributed by atoms with Gasteiger partial charge < -0.3 is 19.5 Å². The second-order valence-corrected chi connectivity index (χ2v) is 4.57. The molecule has 2 N–H and O–H groups in total. The lowest BCUT2D eigenvalue weighted by molar-refractivity contribution is 0.0519. The van der Waals surface area contributed by atoms with Gasteiger partial charge in [0, 0.05) is 11.7 Å². The number of nitrogens with zero attached hydrogens (tertiary/aromatic N) is 2. The number of hydrogen-bond donors (Lipinski definition) is 2. The summed E-state index contributed by atoms with van der Waals surface area (Å²) in [5.74, 6) is 0.0574. The summed E-state index contributed by atoms with van der Waals surface area (Å²) in [6.07, 6.45) is 1.42. The maximum atomic E-state index is 11.8. The van der Waals surface area contributed by atoms with Crippen LogP contribution >= 0.6 is 0 Å². The smallest absolute Gasteiger partial charge is 0.492 e. The fraction of sp³-hybridized carbons (Fsp3) is 0.286. The highest BCUT2D eigenvalue weighted by Gasteiger charge is 2.25. The first-order valence-electron chi connectivity index (χ1n) is 6.78. The summed E-state index contributed by atoms with van der Waals surface area (Å²) in [7, 11) is -0.202. The van der Waals surface area contributed by atoms with Crippen molar-refractivity contribution >= 4 is 18.6 Å². The van der Waals surface area contributed by atoms with Crippen LogP contribution < -0.4 is 10.2 Å². The van der Waals surface area contributed by atoms with Crippen LogP contribution in [0.25, 0.3) is 0 Å². The Hall–Kier alpha value is -2.32. The SMILES string of the molecule is CCOC(=O)c1nn(Cc2ccc(OC)cc2)cc1B(O)O. The summed E-state index contributed by atoms with van der Waals surface area (Å²) in [4.78, 5) is 11.8. The summed E-state index contributed by atoms with van der Waals surface area (Å²) in [5, 5.41) is 22.8. The van der Waals surface area contributed by atoms with E-state index in [4.69, 9.17) is 9.47 Å². The van der Waals surface area contributed by atoms with Crippen LogP contribution in [0.3, 0.4) is 0 Å². The van der Waals surface area contributed by atoms with Crippen molar-refractivity contribution in [3.8, 4) is 5.75 Å². The van der Waals surface area contributed by atoms with Crippen molar-refractivity contribution in [1.82, 2.24) is 9.78 Å². The molecule has 2 rings (SSSR count). The normalized spacial score (nSPS) is 10.4. The molecule has 0 aliphatic rings. The van der Waals surface area contributed by atoms with E-state index in [0.29, 0.717) is 6.54 Å². The zero-order chi connectivity index (χ0) is 16.1. The van der Waals surface area contributed by atoms with Crippen LogP contribution in [-0.2, 0) is 11.3 Å². The lowest BCUT2D eigenvalue weighted by Gasteiger charge is -2.04. The minimum absolute atomic E-state index is 0.0203. The molecule has 0 fully saturated rings. The Bertz CT molecular complexity index is 639. The van der Waals surface area contributed by atoms with Crippen molar-refractivity contribution in [1.29, 1.82) is 0 Å². The van der Waals surface area contributed by atoms with Gasteiger partial charge in [0.2, 0.25) is 0 Å². The van der Waals surface area contributed by atoms with Gasteiger partial charge in [-0.05, 0) is 24.6 Å². The first-order chi connectivity index (χ1) is 10.5. The number of hydrogen-bond acceptors (Lipinski definition) is 6. The van der Waals surface area contributed by atoms with Gasteiger partial charge in [-0.2, -0.15) is 5.10 Å². The summed E-state index contributed by atoms with van der Waals surface area (Å²) in [5.41, 5.74) is 0.856. The highest BCUT2D eigenvalue weighted by Crippen LogP contribution is 2.12. The molecule has 7 nitrogen and oxygen atoms in total. The molecule has 0 aliphatic heterocycles. The van der Waals surface area contributed by atoms with Crippen molar-refractivity contribution in [2.45, 2.75) is 13.5 Å². The fourth-order valence-corrected chi connectivity index (χ4v) is 1.98. The van der Waals surface area contributed by atoms with Crippen LogP contribution in [0.2, 0.25) is 0 Å². The zero-order valence-electron chi connectivity index (χ0n) is 12.4. The standard InChI is InChI=1S/C14H17BN2O5/c1-3-22-14(18)13-12(15(19)20)9-17(16-13)8-10-4-6-11(21-2)7-5-10/h4-7,9,19-20H,3,8H2,1-2H3. The molecule has 0 saturated heterocycles. The number of aromatic nitrogens is 2. The van der Waals surface area contributed by atoms with Crippen LogP contribution in [0.4, 0.5) is 0 Å². The number of esters is 1. The number of carbonyl (C=O) groups excluding carboxylic acids is 1. The molecule has 0 radical (unpaired) electrons. The molecule has 0 atom stereocenters. The second kappa shape index (κ2) is 7.10. The van der Waals surface area contributed by atoms with Gasteiger partial charge in [0.05, 0.1) is 20.3 Å². The first-order valence-corrected chi connectivity index (χ1v) is 6.78. The van der Waals surface area contributed by atoms with Crippen molar-refractivity contribution < 1.29 is 24.3 Å². The number of methoxy groups -OCH3 is 1. The summed E-state index contributed by atoms with van der Waals surface area (Å²) >= 11 is 0. The van der Waals surface area contributed by atoms with Crippen molar-refractivity contribution in [3.05, 3.63) is 41.7 Å². The predicted molar refractivity (Wildman–Crippen MR) is 80.1 cm³/mol. The third kappa shape index (κ3) is 3.66. The average molecular weight is 304 g/mol. The molecule has 8 heteroatoms. The molecule has 2 aromatic rings. The minimum atomic E-state index is -1.79. The molecule has 0 unspecified atom stereocenters. The van der Waals surface area contributed by atoms with E-state index < -0.39 is 13.1 Å². The lowest BCUT2D eigenvalue weighted by atomic mass is 9.80. The van der Waals surface area contributed by atoms with E-state index in [2.05, 4.69) is 5.10 Å². The van der Waals surface area contributed by atoms with Gasteiger partial charge >= 0.3 is 13.1 Å². The largest absolute Gasteiger partial charge is 0.497 e. The molecule has 0 spiro atoms. The van der Waals surface area contributed by atoms with Gasteiger partial charge in [-0.25, -0.2) is 4.79 Å². The second-order valence-electron chi connectivity index (χ2n) is 4.57. The van der Waals surface area contributed by atoms with Crippen LogP contribution in [0.15, 0.2) is 30.5 Å². The van der Waals surface area contributed by atoms with E-state index >= 15 is 0 Å². The average Bonchev–Trinajstić information content (AvgIpc) is 2.92. The van der Waals surface area contributed by atoms with Gasteiger partial charge in [0.15, 0.2) is 5.69 Å². The van der Waals surface area contributed by atoms with Crippen LogP contribution in [-0.4, -0.2) is 46.6 Å². The Morgan fingerprint density at radius 2 is 2.00 bits per heavy atom. The van der Waals surface area contributed by atoms with E-state index in [9.17, 15) is 14.8 Å². The molecule has 1 aromatic heterocycles. The highest BCUT2D eigenvalue weighted by atomic mass is 16.5. The van der Waals surface area contributed by atoms with Gasteiger partial charge in [0.25, 0.3) is 0 Å². The minimum Gasteiger partial charge on any atom is -0.497 e. The molecule has 0 aliphatic carbocycles. The zero-order valence-corrected chi connectivity index (χ0v) is 12.4. The fourth-order valence-electron chi connectivity index (χ4n) is 1.98. The maximum absolute atomic E-state index is 11.8. The summed E-state index contributed by atoms with van der Waals surface area (Å²) in [6, 6.07) is 7.35. The number of rotatable bonds is 6. The van der Waals surface area contributed by atoms with E-state index in [0.717, 1.165) is 11.3 Å². The van der Waals surface area contributed by atoms with Gasteiger partial charge in [-0.3, -0.25) is 4.68 Å². The van der Waals surface area contributed by atoms with Crippen molar-refractivity contribution in [2.24, 2.45) is 0 Å². The Labute approximate surface area is 128 Å². The molecule has 116 valence electrons. The molecule has 0 bridgehead atoms. The van der Waals surface area contributed by atoms with Crippen LogP contribution in [0, 0.1) is 0 Å². The Kier molecular flexibility index (Phi) is 5.19. The van der Waals surface area contributed by atoms with Crippen LogP contribution in [0.1, 0.15) is 23.0 Å². The number of ether oxygens (including phenoxy) is 2. The molecule has 1 heterocycles. The molecule has 22 heavy (non-hydrogen) atoms. The van der Waals surface area contributed by atoms with Gasteiger partial charge in [-0.15, -0.1) is 0 Å². The molecule has 0 saturated carbocycles. The molecular formula is C14H17BN2O5. The quantitative estimate of drug-likeness (QED) is 0.567. The first kappa shape index (κ1) is 16.1. The topological polar surface area (TPSA) is 93.8 Å². The third-order valence-corrected chi connectivity index (χ3v) is 3.04. The molecule has 0 amide bonds. The lowest BCUT2D eigenvalue weighted by Crippen LogP contribution is -2.33. The van der Waals surface area contributed by atoms with E-state index in [1.165, 1.54) is 10.9 Å². The summed E-state index contributed by atoms with van der Waals surface area (Å²) < 4.78 is 11.4. The van der Waals surface area contributed by atoms with E-state index in [-0.39, 0.29) is 17.8 Å². The maximum Gasteiger partial charge on any atom is 0.492 e. The van der Waals surface area contributed by atoms with E-state index in [1.807, 2.05) is 24.3 Å². The third-order valence-electron chi connectivity index (χ3n) is 3.04. The van der Waals surface area contributed by atoms with Gasteiger partial charge in [-0.1, -0.05) is 12.1 Å². The van der Waals surface area contributed by atoms with Crippen LogP contribution in [0.5, 0.6) is 5.75 Å². The monoisotopic (exact) mass is 304 g/mol. The van der Waals surface area contributed by atoms with Crippen molar-refractivity contribution in [2.75, 3.05) is 13.7 Å². The molecule has 1 aromatic carbocycles. The number of benzene rings is 1. The highest BCUT2D eigenvalue weighted by molar-refractivity contribution is 6.60. The summed E-state index contributed by atoms with van der Waals surface area (Å²) in [6.45, 7) is 2.23. The van der Waals surface area contributed by atoms with Gasteiger partial charge in [0.1, 0.15) is 5.75 Å². The van der Waals surface area contributed by atoms with Crippen molar-refractivity contribution in [3.63, 3.8) is 0 Å². The molecular weight excluding hydrogens is 287 g/mol. The Morgan fingerprint density at radius 1 is 1.32 bits per heavy atom. The predicted octanol–water partition coefficient (Wildman–Crippen LogP) is -0.203. The Balaban J connectivity index is 2.23. The van der Waals surface area contributed by atoms with E-state index in [1.54, 1.807) is 14.0 Å². The Morgan fingerprint density at radius 3 is 2.55 bits per heavy atom.